The zero-order valence-corrected chi connectivity index (χ0v) is 9.97. The molecule has 1 N–H and O–H groups in total. The Morgan fingerprint density at radius 3 is 2.56 bits per heavy atom. The van der Waals surface area contributed by atoms with E-state index in [1.165, 1.54) is 0 Å². The molecule has 0 atom stereocenters. The predicted octanol–water partition coefficient (Wildman–Crippen LogP) is 3.10. The molecule has 1 saturated carbocycles. The van der Waals surface area contributed by atoms with Crippen molar-refractivity contribution in [2.75, 3.05) is 5.32 Å². The smallest absolute Gasteiger partial charge is 0.227 e. The number of hydrogen-bond donors (Lipinski definition) is 1. The first-order valence-electron chi connectivity index (χ1n) is 6.15. The molecule has 0 unspecified atom stereocenters. The van der Waals surface area contributed by atoms with Crippen LogP contribution in [0.1, 0.15) is 12.8 Å². The average molecular weight is 238 g/mol. The summed E-state index contributed by atoms with van der Waals surface area (Å²) in [5.41, 5.74) is 2.98. The van der Waals surface area contributed by atoms with Crippen molar-refractivity contribution in [3.8, 4) is 11.1 Å². The summed E-state index contributed by atoms with van der Waals surface area (Å²) in [4.78, 5) is 15.8. The second-order valence-electron chi connectivity index (χ2n) is 4.54. The molecule has 18 heavy (non-hydrogen) atoms. The van der Waals surface area contributed by atoms with Gasteiger partial charge in [-0.1, -0.05) is 18.2 Å². The van der Waals surface area contributed by atoms with Crippen LogP contribution in [-0.2, 0) is 4.79 Å². The molecule has 90 valence electrons. The van der Waals surface area contributed by atoms with Crippen LogP contribution in [-0.4, -0.2) is 10.9 Å². The Balaban J connectivity index is 1.92. The number of aromatic nitrogens is 1. The van der Waals surface area contributed by atoms with Gasteiger partial charge in [-0.2, -0.15) is 0 Å². The van der Waals surface area contributed by atoms with Crippen LogP contribution in [0.15, 0.2) is 48.8 Å². The number of hydrogen-bond acceptors (Lipinski definition) is 2. The van der Waals surface area contributed by atoms with E-state index < -0.39 is 0 Å². The summed E-state index contributed by atoms with van der Waals surface area (Å²) in [6.45, 7) is 0. The van der Waals surface area contributed by atoms with Gasteiger partial charge in [0.25, 0.3) is 0 Å². The molecular weight excluding hydrogens is 224 g/mol. The van der Waals surface area contributed by atoms with Gasteiger partial charge < -0.3 is 5.32 Å². The third-order valence-electron chi connectivity index (χ3n) is 3.12. The van der Waals surface area contributed by atoms with Crippen molar-refractivity contribution in [1.82, 2.24) is 4.98 Å². The number of para-hydroxylation sites is 1. The van der Waals surface area contributed by atoms with Crippen molar-refractivity contribution in [2.24, 2.45) is 5.92 Å². The largest absolute Gasteiger partial charge is 0.325 e. The number of amides is 1. The Bertz CT molecular complexity index is 562. The number of benzene rings is 1. The van der Waals surface area contributed by atoms with Gasteiger partial charge in [0.2, 0.25) is 5.91 Å². The minimum atomic E-state index is 0.136. The molecule has 0 radical (unpaired) electrons. The summed E-state index contributed by atoms with van der Waals surface area (Å²) in [6.07, 6.45) is 5.55. The molecule has 0 bridgehead atoms. The SMILES string of the molecule is O=C(Nc1ccccc1-c1ccncc1)C1CC1. The van der Waals surface area contributed by atoms with Crippen LogP contribution >= 0.6 is 0 Å². The minimum Gasteiger partial charge on any atom is -0.325 e. The highest BCUT2D eigenvalue weighted by Gasteiger charge is 2.29. The summed E-state index contributed by atoms with van der Waals surface area (Å²) in [6, 6.07) is 11.8. The van der Waals surface area contributed by atoms with E-state index in [9.17, 15) is 4.79 Å². The lowest BCUT2D eigenvalue weighted by molar-refractivity contribution is -0.117. The summed E-state index contributed by atoms with van der Waals surface area (Å²) in [5.74, 6) is 0.354. The number of nitrogens with zero attached hydrogens (tertiary/aromatic N) is 1. The van der Waals surface area contributed by atoms with Crippen molar-refractivity contribution in [3.05, 3.63) is 48.8 Å². The molecule has 1 fully saturated rings. The summed E-state index contributed by atoms with van der Waals surface area (Å²) >= 11 is 0. The van der Waals surface area contributed by atoms with E-state index in [0.717, 1.165) is 29.7 Å². The maximum Gasteiger partial charge on any atom is 0.227 e. The second kappa shape index (κ2) is 4.61. The highest BCUT2D eigenvalue weighted by atomic mass is 16.2. The van der Waals surface area contributed by atoms with E-state index in [0.29, 0.717) is 0 Å². The Morgan fingerprint density at radius 2 is 1.83 bits per heavy atom. The molecule has 0 spiro atoms. The molecular formula is C15H14N2O. The van der Waals surface area contributed by atoms with Crippen LogP contribution < -0.4 is 5.32 Å². The van der Waals surface area contributed by atoms with Crippen LogP contribution in [0.4, 0.5) is 5.69 Å². The molecule has 0 saturated heterocycles. The van der Waals surface area contributed by atoms with E-state index in [1.54, 1.807) is 12.4 Å². The molecule has 1 aliphatic carbocycles. The van der Waals surface area contributed by atoms with Gasteiger partial charge in [0.05, 0.1) is 0 Å². The third kappa shape index (κ3) is 2.25. The predicted molar refractivity (Wildman–Crippen MR) is 71.0 cm³/mol. The van der Waals surface area contributed by atoms with Gasteiger partial charge in [-0.15, -0.1) is 0 Å². The van der Waals surface area contributed by atoms with Crippen molar-refractivity contribution in [1.29, 1.82) is 0 Å². The van der Waals surface area contributed by atoms with Gasteiger partial charge in [0, 0.05) is 29.6 Å². The number of carbonyl (C=O) groups excluding carboxylic acids is 1. The van der Waals surface area contributed by atoms with Gasteiger partial charge in [-0.3, -0.25) is 9.78 Å². The van der Waals surface area contributed by atoms with Gasteiger partial charge in [-0.05, 0) is 36.6 Å². The fourth-order valence-corrected chi connectivity index (χ4v) is 1.96. The summed E-state index contributed by atoms with van der Waals surface area (Å²) in [7, 11) is 0. The molecule has 2 aromatic rings. The lowest BCUT2D eigenvalue weighted by atomic mass is 10.0. The topological polar surface area (TPSA) is 42.0 Å². The molecule has 3 rings (SSSR count). The number of pyridine rings is 1. The zero-order chi connectivity index (χ0) is 12.4. The molecule has 1 aromatic carbocycles. The van der Waals surface area contributed by atoms with E-state index >= 15 is 0 Å². The number of carbonyl (C=O) groups is 1. The molecule has 1 heterocycles. The Kier molecular flexibility index (Phi) is 2.81. The van der Waals surface area contributed by atoms with Crippen molar-refractivity contribution in [3.63, 3.8) is 0 Å². The molecule has 1 amide bonds. The third-order valence-corrected chi connectivity index (χ3v) is 3.12. The lowest BCUT2D eigenvalue weighted by Crippen LogP contribution is -2.13. The van der Waals surface area contributed by atoms with Crippen LogP contribution in [0.5, 0.6) is 0 Å². The van der Waals surface area contributed by atoms with Crippen molar-refractivity contribution >= 4 is 11.6 Å². The monoisotopic (exact) mass is 238 g/mol. The van der Waals surface area contributed by atoms with Gasteiger partial charge in [0.1, 0.15) is 0 Å². The fourth-order valence-electron chi connectivity index (χ4n) is 1.96. The number of anilines is 1. The summed E-state index contributed by atoms with van der Waals surface area (Å²) < 4.78 is 0. The average Bonchev–Trinajstić information content (AvgIpc) is 3.25. The first-order valence-corrected chi connectivity index (χ1v) is 6.15. The molecule has 1 aliphatic rings. The van der Waals surface area contributed by atoms with E-state index in [4.69, 9.17) is 0 Å². The maximum absolute atomic E-state index is 11.8. The standard InChI is InChI=1S/C15H14N2O/c18-15(12-5-6-12)17-14-4-2-1-3-13(14)11-7-9-16-10-8-11/h1-4,7-10,12H,5-6H2,(H,17,18). The van der Waals surface area contributed by atoms with Crippen LogP contribution in [0.3, 0.4) is 0 Å². The van der Waals surface area contributed by atoms with Crippen molar-refractivity contribution in [2.45, 2.75) is 12.8 Å². The molecule has 3 heteroatoms. The quantitative estimate of drug-likeness (QED) is 0.892. The Hall–Kier alpha value is -2.16. The van der Waals surface area contributed by atoms with Gasteiger partial charge >= 0.3 is 0 Å². The van der Waals surface area contributed by atoms with Crippen LogP contribution in [0.2, 0.25) is 0 Å². The number of rotatable bonds is 3. The fraction of sp³-hybridized carbons (Fsp3) is 0.200. The summed E-state index contributed by atoms with van der Waals surface area (Å²) in [5, 5.41) is 3.01. The maximum atomic E-state index is 11.8. The first-order chi connectivity index (χ1) is 8.84. The lowest BCUT2D eigenvalue weighted by Gasteiger charge is -2.10. The molecule has 0 aliphatic heterocycles. The van der Waals surface area contributed by atoms with E-state index in [-0.39, 0.29) is 11.8 Å². The van der Waals surface area contributed by atoms with Gasteiger partial charge in [0.15, 0.2) is 0 Å². The normalized spacial score (nSPS) is 14.2. The van der Waals surface area contributed by atoms with Crippen LogP contribution in [0.25, 0.3) is 11.1 Å². The first kappa shape index (κ1) is 11.0. The highest BCUT2D eigenvalue weighted by molar-refractivity contribution is 5.97. The van der Waals surface area contributed by atoms with E-state index in [1.807, 2.05) is 36.4 Å². The van der Waals surface area contributed by atoms with Crippen molar-refractivity contribution < 1.29 is 4.79 Å². The second-order valence-corrected chi connectivity index (χ2v) is 4.54. The van der Waals surface area contributed by atoms with Crippen LogP contribution in [0, 0.1) is 5.92 Å². The highest BCUT2D eigenvalue weighted by Crippen LogP contribution is 2.32. The molecule has 3 nitrogen and oxygen atoms in total. The Labute approximate surface area is 106 Å². The Morgan fingerprint density at radius 1 is 1.11 bits per heavy atom. The molecule has 1 aromatic heterocycles. The zero-order valence-electron chi connectivity index (χ0n) is 9.97. The van der Waals surface area contributed by atoms with Gasteiger partial charge in [-0.25, -0.2) is 0 Å². The minimum absolute atomic E-state index is 0.136. The number of nitrogens with one attached hydrogen (secondary N) is 1. The van der Waals surface area contributed by atoms with E-state index in [2.05, 4.69) is 10.3 Å².